The largest absolute Gasteiger partial charge is 0.481 e. The molecule has 16 heavy (non-hydrogen) atoms. The van der Waals surface area contributed by atoms with Gasteiger partial charge in [-0.3, -0.25) is 4.79 Å². The number of carboxylic acids is 1. The minimum atomic E-state index is -0.890. The number of carboxylic acid groups (broad SMARTS) is 1. The number of nitrogens with one attached hydrogen (secondary N) is 1. The van der Waals surface area contributed by atoms with E-state index in [1.807, 2.05) is 24.3 Å². The van der Waals surface area contributed by atoms with Crippen LogP contribution in [0.2, 0.25) is 0 Å². The molecule has 4 nitrogen and oxygen atoms in total. The highest BCUT2D eigenvalue weighted by Crippen LogP contribution is 2.26. The number of H-pyrrole nitrogens is 1. The van der Waals surface area contributed by atoms with Gasteiger partial charge in [0.2, 0.25) is 0 Å². The van der Waals surface area contributed by atoms with E-state index in [0.717, 1.165) is 16.5 Å². The molecule has 84 valence electrons. The van der Waals surface area contributed by atoms with E-state index >= 15 is 0 Å². The molecule has 0 saturated heterocycles. The highest BCUT2D eigenvalue weighted by molar-refractivity contribution is 5.83. The molecule has 4 heteroatoms. The Hall–Kier alpha value is -1.81. The summed E-state index contributed by atoms with van der Waals surface area (Å²) < 4.78 is 0. The molecule has 2 aromatic rings. The van der Waals surface area contributed by atoms with Crippen molar-refractivity contribution >= 4 is 16.9 Å². The third-order valence-electron chi connectivity index (χ3n) is 2.61. The summed E-state index contributed by atoms with van der Waals surface area (Å²) in [6, 6.07) is 7.63. The first-order chi connectivity index (χ1) is 7.68. The fourth-order valence-electron chi connectivity index (χ4n) is 1.79. The van der Waals surface area contributed by atoms with Gasteiger partial charge < -0.3 is 15.2 Å². The molecule has 1 unspecified atom stereocenters. The summed E-state index contributed by atoms with van der Waals surface area (Å²) in [6.45, 7) is 0. The number of aliphatic hydroxyl groups excluding tert-OH is 1. The number of carbonyl (C=O) groups is 1. The third-order valence-corrected chi connectivity index (χ3v) is 2.61. The summed E-state index contributed by atoms with van der Waals surface area (Å²) in [5.41, 5.74) is 1.71. The van der Waals surface area contributed by atoms with Crippen LogP contribution in [0.15, 0.2) is 30.5 Å². The van der Waals surface area contributed by atoms with Crippen LogP contribution in [0.1, 0.15) is 24.5 Å². The molecule has 1 heterocycles. The molecule has 0 spiro atoms. The van der Waals surface area contributed by atoms with Crippen LogP contribution in [0.3, 0.4) is 0 Å². The van der Waals surface area contributed by atoms with Crippen molar-refractivity contribution in [3.8, 4) is 0 Å². The van der Waals surface area contributed by atoms with Crippen molar-refractivity contribution in [2.75, 3.05) is 0 Å². The Bertz CT molecular complexity index is 504. The Morgan fingerprint density at radius 2 is 2.12 bits per heavy atom. The lowest BCUT2D eigenvalue weighted by Gasteiger charge is -2.07. The second-order valence-corrected chi connectivity index (χ2v) is 3.74. The molecule has 2 rings (SSSR count). The molecule has 3 N–H and O–H groups in total. The fourth-order valence-corrected chi connectivity index (χ4v) is 1.79. The third kappa shape index (κ3) is 2.06. The van der Waals surface area contributed by atoms with Crippen LogP contribution >= 0.6 is 0 Å². The normalized spacial score (nSPS) is 12.8. The van der Waals surface area contributed by atoms with Crippen LogP contribution in [0.5, 0.6) is 0 Å². The van der Waals surface area contributed by atoms with Crippen molar-refractivity contribution in [1.29, 1.82) is 0 Å². The number of benzene rings is 1. The predicted molar refractivity (Wildman–Crippen MR) is 60.1 cm³/mol. The smallest absolute Gasteiger partial charge is 0.303 e. The second kappa shape index (κ2) is 4.37. The maximum Gasteiger partial charge on any atom is 0.303 e. The van der Waals surface area contributed by atoms with Crippen LogP contribution in [0.4, 0.5) is 0 Å². The first-order valence-corrected chi connectivity index (χ1v) is 5.14. The molecule has 0 saturated carbocycles. The standard InChI is InChI=1S/C12H13NO3/c14-11(5-6-12(15)16)9-7-13-10-4-2-1-3-8(9)10/h1-4,7,11,13-14H,5-6H2,(H,15,16). The molecule has 1 aromatic carbocycles. The zero-order valence-electron chi connectivity index (χ0n) is 8.68. The number of aliphatic hydroxyl groups is 1. The van der Waals surface area contributed by atoms with Gasteiger partial charge in [0.25, 0.3) is 0 Å². The topological polar surface area (TPSA) is 73.3 Å². The summed E-state index contributed by atoms with van der Waals surface area (Å²) in [6.07, 6.45) is 1.21. The Morgan fingerprint density at radius 3 is 2.88 bits per heavy atom. The summed E-state index contributed by atoms with van der Waals surface area (Å²) in [7, 11) is 0. The number of fused-ring (bicyclic) bond motifs is 1. The van der Waals surface area contributed by atoms with Crippen molar-refractivity contribution < 1.29 is 15.0 Å². The lowest BCUT2D eigenvalue weighted by atomic mass is 10.0. The van der Waals surface area contributed by atoms with Crippen LogP contribution in [-0.4, -0.2) is 21.2 Å². The van der Waals surface area contributed by atoms with Crippen LogP contribution in [-0.2, 0) is 4.79 Å². The molecule has 0 aliphatic heterocycles. The van der Waals surface area contributed by atoms with Crippen molar-refractivity contribution in [3.63, 3.8) is 0 Å². The van der Waals surface area contributed by atoms with Crippen molar-refractivity contribution in [2.24, 2.45) is 0 Å². The summed E-state index contributed by atoms with van der Waals surface area (Å²) in [5, 5.41) is 19.4. The predicted octanol–water partition coefficient (Wildman–Crippen LogP) is 2.07. The lowest BCUT2D eigenvalue weighted by Crippen LogP contribution is -2.01. The zero-order chi connectivity index (χ0) is 11.5. The highest BCUT2D eigenvalue weighted by Gasteiger charge is 2.13. The van der Waals surface area contributed by atoms with Crippen molar-refractivity contribution in [3.05, 3.63) is 36.0 Å². The average Bonchev–Trinajstić information content (AvgIpc) is 2.69. The summed E-state index contributed by atoms with van der Waals surface area (Å²) in [4.78, 5) is 13.5. The highest BCUT2D eigenvalue weighted by atomic mass is 16.4. The van der Waals surface area contributed by atoms with Gasteiger partial charge >= 0.3 is 5.97 Å². The first kappa shape index (κ1) is 10.7. The average molecular weight is 219 g/mol. The molecular formula is C12H13NO3. The number of hydrogen-bond donors (Lipinski definition) is 3. The van der Waals surface area contributed by atoms with E-state index in [9.17, 15) is 9.90 Å². The SMILES string of the molecule is O=C(O)CCC(O)c1c[nH]c2ccccc12. The van der Waals surface area contributed by atoms with E-state index in [0.29, 0.717) is 0 Å². The fraction of sp³-hybridized carbons (Fsp3) is 0.250. The molecule has 0 aliphatic rings. The Labute approximate surface area is 92.5 Å². The second-order valence-electron chi connectivity index (χ2n) is 3.74. The number of rotatable bonds is 4. The van der Waals surface area contributed by atoms with Gasteiger partial charge in [-0.15, -0.1) is 0 Å². The molecule has 0 bridgehead atoms. The van der Waals surface area contributed by atoms with Gasteiger partial charge in [0.15, 0.2) is 0 Å². The molecule has 0 radical (unpaired) electrons. The van der Waals surface area contributed by atoms with E-state index in [4.69, 9.17) is 5.11 Å². The Morgan fingerprint density at radius 1 is 1.38 bits per heavy atom. The molecule has 1 aromatic heterocycles. The lowest BCUT2D eigenvalue weighted by molar-refractivity contribution is -0.137. The van der Waals surface area contributed by atoms with Crippen molar-refractivity contribution in [1.82, 2.24) is 4.98 Å². The van der Waals surface area contributed by atoms with Crippen LogP contribution in [0.25, 0.3) is 10.9 Å². The van der Waals surface area contributed by atoms with Crippen molar-refractivity contribution in [2.45, 2.75) is 18.9 Å². The zero-order valence-corrected chi connectivity index (χ0v) is 8.68. The maximum atomic E-state index is 10.4. The van der Waals surface area contributed by atoms with E-state index in [2.05, 4.69) is 4.98 Å². The number of aromatic nitrogens is 1. The molecule has 1 atom stereocenters. The molecular weight excluding hydrogens is 206 g/mol. The van der Waals surface area contributed by atoms with Gasteiger partial charge in [0.1, 0.15) is 0 Å². The first-order valence-electron chi connectivity index (χ1n) is 5.14. The van der Waals surface area contributed by atoms with Gasteiger partial charge in [0, 0.05) is 29.1 Å². The number of para-hydroxylation sites is 1. The van der Waals surface area contributed by atoms with Crippen LogP contribution in [0, 0.1) is 0 Å². The van der Waals surface area contributed by atoms with Crippen LogP contribution < -0.4 is 0 Å². The van der Waals surface area contributed by atoms with E-state index in [1.165, 1.54) is 0 Å². The van der Waals surface area contributed by atoms with Gasteiger partial charge in [-0.05, 0) is 12.5 Å². The van der Waals surface area contributed by atoms with Gasteiger partial charge in [-0.2, -0.15) is 0 Å². The quantitative estimate of drug-likeness (QED) is 0.737. The summed E-state index contributed by atoms with van der Waals surface area (Å²) >= 11 is 0. The van der Waals surface area contributed by atoms with E-state index < -0.39 is 12.1 Å². The van der Waals surface area contributed by atoms with Gasteiger partial charge in [-0.1, -0.05) is 18.2 Å². The molecule has 0 amide bonds. The molecule has 0 fully saturated rings. The number of aliphatic carboxylic acids is 1. The van der Waals surface area contributed by atoms with E-state index in [1.54, 1.807) is 6.20 Å². The molecule has 0 aliphatic carbocycles. The Kier molecular flexibility index (Phi) is 2.92. The summed E-state index contributed by atoms with van der Waals surface area (Å²) in [5.74, 6) is -0.890. The minimum absolute atomic E-state index is 0.0271. The Balaban J connectivity index is 2.22. The van der Waals surface area contributed by atoms with E-state index in [-0.39, 0.29) is 12.8 Å². The minimum Gasteiger partial charge on any atom is -0.481 e. The maximum absolute atomic E-state index is 10.4. The number of aromatic amines is 1. The van der Waals surface area contributed by atoms with Gasteiger partial charge in [-0.25, -0.2) is 0 Å². The van der Waals surface area contributed by atoms with Gasteiger partial charge in [0.05, 0.1) is 6.10 Å². The number of hydrogen-bond acceptors (Lipinski definition) is 2. The monoisotopic (exact) mass is 219 g/mol.